The molecule has 0 unspecified atom stereocenters. The van der Waals surface area contributed by atoms with E-state index in [1.165, 1.54) is 6.20 Å². The molecule has 0 fully saturated rings. The van der Waals surface area contributed by atoms with Crippen LogP contribution in [0.25, 0.3) is 0 Å². The van der Waals surface area contributed by atoms with Crippen LogP contribution in [0.3, 0.4) is 0 Å². The molecule has 2 rings (SSSR count). The van der Waals surface area contributed by atoms with E-state index in [4.69, 9.17) is 11.6 Å². The molecule has 18 heavy (non-hydrogen) atoms. The second kappa shape index (κ2) is 4.89. The molecule has 7 heteroatoms. The number of nitrogens with zero attached hydrogens (tertiary/aromatic N) is 2. The highest BCUT2D eigenvalue weighted by Crippen LogP contribution is 2.18. The van der Waals surface area contributed by atoms with Crippen LogP contribution in [-0.2, 0) is 13.6 Å². The van der Waals surface area contributed by atoms with Gasteiger partial charge in [0.05, 0.1) is 12.7 Å². The minimum Gasteiger partial charge on any atom is -0.378 e. The molecule has 1 heterocycles. The van der Waals surface area contributed by atoms with Gasteiger partial charge >= 0.3 is 0 Å². The van der Waals surface area contributed by atoms with Crippen LogP contribution < -0.4 is 5.32 Å². The predicted molar refractivity (Wildman–Crippen MR) is 61.9 cm³/mol. The van der Waals surface area contributed by atoms with Gasteiger partial charge in [-0.2, -0.15) is 0 Å². The SMILES string of the molecule is Cn1c(Cl)cnc1CNc1cc(F)c(F)c(F)c1. The van der Waals surface area contributed by atoms with Crippen molar-refractivity contribution in [2.24, 2.45) is 7.05 Å². The second-order valence-electron chi connectivity index (χ2n) is 3.66. The van der Waals surface area contributed by atoms with Crippen LogP contribution in [0.4, 0.5) is 18.9 Å². The second-order valence-corrected chi connectivity index (χ2v) is 4.05. The van der Waals surface area contributed by atoms with E-state index in [9.17, 15) is 13.2 Å². The number of hydrogen-bond acceptors (Lipinski definition) is 2. The van der Waals surface area contributed by atoms with Crippen LogP contribution in [-0.4, -0.2) is 9.55 Å². The van der Waals surface area contributed by atoms with Crippen molar-refractivity contribution in [2.45, 2.75) is 6.54 Å². The van der Waals surface area contributed by atoms with Gasteiger partial charge < -0.3 is 9.88 Å². The van der Waals surface area contributed by atoms with Crippen LogP contribution >= 0.6 is 11.6 Å². The summed E-state index contributed by atoms with van der Waals surface area (Å²) in [5, 5.41) is 3.18. The maximum absolute atomic E-state index is 13.0. The number of imidazole rings is 1. The number of anilines is 1. The highest BCUT2D eigenvalue weighted by Gasteiger charge is 2.11. The van der Waals surface area contributed by atoms with E-state index in [2.05, 4.69) is 10.3 Å². The van der Waals surface area contributed by atoms with Crippen molar-refractivity contribution in [1.29, 1.82) is 0 Å². The van der Waals surface area contributed by atoms with Gasteiger partial charge in [0, 0.05) is 24.9 Å². The summed E-state index contributed by atoms with van der Waals surface area (Å²) in [6, 6.07) is 1.76. The standard InChI is InChI=1S/C11H9ClF3N3/c1-18-9(12)4-17-10(18)5-16-6-2-7(13)11(15)8(14)3-6/h2-4,16H,5H2,1H3. The Morgan fingerprint density at radius 1 is 1.28 bits per heavy atom. The molecule has 1 N–H and O–H groups in total. The van der Waals surface area contributed by atoms with Crippen LogP contribution in [0.1, 0.15) is 5.82 Å². The van der Waals surface area contributed by atoms with Crippen molar-refractivity contribution in [2.75, 3.05) is 5.32 Å². The van der Waals surface area contributed by atoms with Crippen LogP contribution in [0.5, 0.6) is 0 Å². The van der Waals surface area contributed by atoms with E-state index < -0.39 is 17.5 Å². The average molecular weight is 276 g/mol. The highest BCUT2D eigenvalue weighted by molar-refractivity contribution is 6.29. The van der Waals surface area contributed by atoms with Crippen molar-refractivity contribution in [3.05, 3.63) is 46.8 Å². The Labute approximate surface area is 106 Å². The molecule has 0 atom stereocenters. The van der Waals surface area contributed by atoms with Crippen molar-refractivity contribution < 1.29 is 13.2 Å². The first-order valence-electron chi connectivity index (χ1n) is 5.03. The third kappa shape index (κ3) is 2.43. The fourth-order valence-corrected chi connectivity index (χ4v) is 1.57. The van der Waals surface area contributed by atoms with Crippen LogP contribution in [0.15, 0.2) is 18.3 Å². The maximum atomic E-state index is 13.0. The van der Waals surface area contributed by atoms with Crippen LogP contribution in [0.2, 0.25) is 5.15 Å². The number of rotatable bonds is 3. The van der Waals surface area contributed by atoms with Gasteiger partial charge in [0.2, 0.25) is 0 Å². The zero-order chi connectivity index (χ0) is 13.3. The topological polar surface area (TPSA) is 29.9 Å². The molecule has 1 aromatic carbocycles. The Balaban J connectivity index is 2.13. The molecular formula is C11H9ClF3N3. The molecule has 0 saturated heterocycles. The van der Waals surface area contributed by atoms with Gasteiger partial charge in [-0.3, -0.25) is 0 Å². The lowest BCUT2D eigenvalue weighted by molar-refractivity contribution is 0.447. The molecule has 0 amide bonds. The van der Waals surface area contributed by atoms with Gasteiger partial charge in [-0.05, 0) is 0 Å². The molecule has 0 spiro atoms. The molecule has 0 radical (unpaired) electrons. The molecule has 2 aromatic rings. The van der Waals surface area contributed by atoms with E-state index in [0.29, 0.717) is 11.0 Å². The molecule has 0 aliphatic carbocycles. The summed E-state index contributed by atoms with van der Waals surface area (Å²) in [4.78, 5) is 4.00. The van der Waals surface area contributed by atoms with Gasteiger partial charge in [0.25, 0.3) is 0 Å². The van der Waals surface area contributed by atoms with Gasteiger partial charge in [-0.15, -0.1) is 0 Å². The summed E-state index contributed by atoms with van der Waals surface area (Å²) in [7, 11) is 1.71. The van der Waals surface area contributed by atoms with E-state index >= 15 is 0 Å². The number of hydrogen-bond donors (Lipinski definition) is 1. The fourth-order valence-electron chi connectivity index (χ4n) is 1.43. The molecule has 1 aromatic heterocycles. The van der Waals surface area contributed by atoms with E-state index in [0.717, 1.165) is 12.1 Å². The monoisotopic (exact) mass is 275 g/mol. The summed E-state index contributed by atoms with van der Waals surface area (Å²) >= 11 is 5.79. The van der Waals surface area contributed by atoms with Crippen molar-refractivity contribution in [3.8, 4) is 0 Å². The quantitative estimate of drug-likeness (QED) is 0.873. The lowest BCUT2D eigenvalue weighted by Gasteiger charge is -2.07. The van der Waals surface area contributed by atoms with E-state index in [-0.39, 0.29) is 12.2 Å². The minimum absolute atomic E-state index is 0.130. The molecular weight excluding hydrogens is 267 g/mol. The van der Waals surface area contributed by atoms with Gasteiger partial charge in [-0.1, -0.05) is 11.6 Å². The normalized spacial score (nSPS) is 10.7. The number of benzene rings is 1. The Bertz CT molecular complexity index is 560. The van der Waals surface area contributed by atoms with Crippen molar-refractivity contribution in [3.63, 3.8) is 0 Å². The third-order valence-electron chi connectivity index (χ3n) is 2.46. The molecule has 0 aliphatic rings. The summed E-state index contributed by atoms with van der Waals surface area (Å²) < 4.78 is 40.3. The molecule has 3 nitrogen and oxygen atoms in total. The van der Waals surface area contributed by atoms with Gasteiger partial charge in [0.1, 0.15) is 11.0 Å². The molecule has 96 valence electrons. The minimum atomic E-state index is -1.49. The smallest absolute Gasteiger partial charge is 0.194 e. The summed E-state index contributed by atoms with van der Waals surface area (Å²) in [5.41, 5.74) is 0.130. The first kappa shape index (κ1) is 12.8. The first-order valence-corrected chi connectivity index (χ1v) is 5.41. The Morgan fingerprint density at radius 2 is 1.89 bits per heavy atom. The molecule has 0 saturated carbocycles. The molecule has 0 aliphatic heterocycles. The lowest BCUT2D eigenvalue weighted by atomic mass is 10.3. The number of nitrogens with one attached hydrogen (secondary N) is 1. The summed E-state index contributed by atoms with van der Waals surface area (Å²) in [6.45, 7) is 0.216. The number of halogens is 4. The first-order chi connectivity index (χ1) is 8.49. The largest absolute Gasteiger partial charge is 0.378 e. The van der Waals surface area contributed by atoms with Crippen LogP contribution in [0, 0.1) is 17.5 Å². The summed E-state index contributed by atoms with van der Waals surface area (Å²) in [5.74, 6) is -3.38. The predicted octanol–water partition coefficient (Wildman–Crippen LogP) is 3.10. The Kier molecular flexibility index (Phi) is 3.47. The van der Waals surface area contributed by atoms with Gasteiger partial charge in [-0.25, -0.2) is 18.2 Å². The highest BCUT2D eigenvalue weighted by atomic mass is 35.5. The number of aromatic nitrogens is 2. The fraction of sp³-hybridized carbons (Fsp3) is 0.182. The molecule has 0 bridgehead atoms. The zero-order valence-electron chi connectivity index (χ0n) is 9.35. The summed E-state index contributed by atoms with van der Waals surface area (Å²) in [6.07, 6.45) is 1.46. The Morgan fingerprint density at radius 3 is 2.39 bits per heavy atom. The van der Waals surface area contributed by atoms with E-state index in [1.54, 1.807) is 11.6 Å². The maximum Gasteiger partial charge on any atom is 0.194 e. The van der Waals surface area contributed by atoms with Crippen molar-refractivity contribution in [1.82, 2.24) is 9.55 Å². The van der Waals surface area contributed by atoms with Gasteiger partial charge in [0.15, 0.2) is 17.5 Å². The van der Waals surface area contributed by atoms with Crippen molar-refractivity contribution >= 4 is 17.3 Å². The Hall–Kier alpha value is -1.69. The lowest BCUT2D eigenvalue weighted by Crippen LogP contribution is -2.07. The average Bonchev–Trinajstić information content (AvgIpc) is 2.64. The zero-order valence-corrected chi connectivity index (χ0v) is 10.1. The third-order valence-corrected chi connectivity index (χ3v) is 2.81. The van der Waals surface area contributed by atoms with E-state index in [1.807, 2.05) is 0 Å².